The maximum atomic E-state index is 10.2. The zero-order valence-corrected chi connectivity index (χ0v) is 11.8. The molecule has 4 heteroatoms. The summed E-state index contributed by atoms with van der Waals surface area (Å²) in [4.78, 5) is 0. The number of ether oxygens (including phenoxy) is 2. The minimum atomic E-state index is -1.06. The molecule has 0 aliphatic heterocycles. The third-order valence-corrected chi connectivity index (χ3v) is 2.89. The second-order valence-electron chi connectivity index (χ2n) is 4.13. The molecular weight excluding hydrogens is 254 g/mol. The molecule has 0 saturated heterocycles. The van der Waals surface area contributed by atoms with Gasteiger partial charge in [-0.05, 0) is 25.0 Å². The van der Waals surface area contributed by atoms with Gasteiger partial charge < -0.3 is 14.6 Å². The Kier molecular flexibility index (Phi) is 5.82. The summed E-state index contributed by atoms with van der Waals surface area (Å²) in [5.74, 6) is 1.15. The van der Waals surface area contributed by atoms with Crippen LogP contribution in [0.2, 0.25) is 0 Å². The molecule has 0 aliphatic rings. The number of nitriles is 1. The van der Waals surface area contributed by atoms with Crippen molar-refractivity contribution in [3.8, 4) is 17.6 Å². The summed E-state index contributed by atoms with van der Waals surface area (Å²) < 4.78 is 10.9. The Hall–Kier alpha value is -2.25. The number of hydrogen-bond acceptors (Lipinski definition) is 4. The zero-order valence-electron chi connectivity index (χ0n) is 11.8. The van der Waals surface area contributed by atoms with E-state index in [1.807, 2.05) is 13.0 Å². The SMILES string of the molecule is C=CCc1c(C(O)C(=C)C#N)ccc(OC)c1OCC. The molecule has 0 aromatic heterocycles. The first-order valence-electron chi connectivity index (χ1n) is 6.31. The molecule has 0 bridgehead atoms. The van der Waals surface area contributed by atoms with Crippen molar-refractivity contribution in [2.24, 2.45) is 0 Å². The fraction of sp³-hybridized carbons (Fsp3) is 0.312. The molecule has 0 saturated carbocycles. The van der Waals surface area contributed by atoms with Crippen LogP contribution in [0, 0.1) is 11.3 Å². The minimum Gasteiger partial charge on any atom is -0.493 e. The highest BCUT2D eigenvalue weighted by atomic mass is 16.5. The number of rotatable bonds is 7. The van der Waals surface area contributed by atoms with E-state index in [4.69, 9.17) is 14.7 Å². The van der Waals surface area contributed by atoms with E-state index in [9.17, 15) is 5.11 Å². The van der Waals surface area contributed by atoms with Crippen molar-refractivity contribution >= 4 is 0 Å². The lowest BCUT2D eigenvalue weighted by Gasteiger charge is -2.19. The van der Waals surface area contributed by atoms with Gasteiger partial charge in [0.15, 0.2) is 11.5 Å². The Balaban J connectivity index is 3.44. The lowest BCUT2D eigenvalue weighted by Crippen LogP contribution is -2.07. The van der Waals surface area contributed by atoms with Crippen LogP contribution in [-0.2, 0) is 6.42 Å². The molecule has 1 aromatic rings. The van der Waals surface area contributed by atoms with E-state index < -0.39 is 6.10 Å². The van der Waals surface area contributed by atoms with Crippen LogP contribution in [0.5, 0.6) is 11.5 Å². The summed E-state index contributed by atoms with van der Waals surface area (Å²) in [6.07, 6.45) is 1.15. The lowest BCUT2D eigenvalue weighted by molar-refractivity contribution is 0.218. The average molecular weight is 273 g/mol. The van der Waals surface area contributed by atoms with E-state index >= 15 is 0 Å². The summed E-state index contributed by atoms with van der Waals surface area (Å²) >= 11 is 0. The molecule has 106 valence electrons. The summed E-state index contributed by atoms with van der Waals surface area (Å²) in [5, 5.41) is 19.1. The Bertz CT molecular complexity index is 543. The molecule has 0 amide bonds. The third-order valence-electron chi connectivity index (χ3n) is 2.89. The third kappa shape index (κ3) is 3.19. The van der Waals surface area contributed by atoms with Crippen LogP contribution in [-0.4, -0.2) is 18.8 Å². The molecule has 0 spiro atoms. The Morgan fingerprint density at radius 2 is 2.25 bits per heavy atom. The first-order chi connectivity index (χ1) is 9.60. The summed E-state index contributed by atoms with van der Waals surface area (Å²) in [5.41, 5.74) is 1.42. The van der Waals surface area contributed by atoms with Gasteiger partial charge in [-0.15, -0.1) is 6.58 Å². The molecule has 0 radical (unpaired) electrons. The standard InChI is InChI=1S/C16H19NO3/c1-5-7-13-12(15(18)11(3)10-17)8-9-14(19-4)16(13)20-6-2/h5,8-9,15,18H,1,3,6-7H2,2,4H3. The second kappa shape index (κ2) is 7.37. The van der Waals surface area contributed by atoms with Crippen LogP contribution in [0.4, 0.5) is 0 Å². The molecule has 1 unspecified atom stereocenters. The first kappa shape index (κ1) is 15.8. The quantitative estimate of drug-likeness (QED) is 0.613. The van der Waals surface area contributed by atoms with E-state index in [2.05, 4.69) is 13.2 Å². The van der Waals surface area contributed by atoms with Crippen molar-refractivity contribution in [1.82, 2.24) is 0 Å². The topological polar surface area (TPSA) is 62.5 Å². The van der Waals surface area contributed by atoms with Crippen molar-refractivity contribution in [1.29, 1.82) is 5.26 Å². The first-order valence-corrected chi connectivity index (χ1v) is 6.31. The van der Waals surface area contributed by atoms with Gasteiger partial charge in [-0.3, -0.25) is 0 Å². The molecule has 0 aliphatic carbocycles. The van der Waals surface area contributed by atoms with Crippen LogP contribution in [0.3, 0.4) is 0 Å². The van der Waals surface area contributed by atoms with Gasteiger partial charge >= 0.3 is 0 Å². The number of nitrogens with zero attached hydrogens (tertiary/aromatic N) is 1. The maximum absolute atomic E-state index is 10.2. The highest BCUT2D eigenvalue weighted by molar-refractivity contribution is 5.54. The fourth-order valence-electron chi connectivity index (χ4n) is 1.94. The fourth-order valence-corrected chi connectivity index (χ4v) is 1.94. The summed E-state index contributed by atoms with van der Waals surface area (Å²) in [6, 6.07) is 5.29. The van der Waals surface area contributed by atoms with E-state index in [-0.39, 0.29) is 5.57 Å². The van der Waals surface area contributed by atoms with Crippen LogP contribution in [0.25, 0.3) is 0 Å². The molecule has 1 N–H and O–H groups in total. The number of aliphatic hydroxyl groups is 1. The monoisotopic (exact) mass is 273 g/mol. The van der Waals surface area contributed by atoms with Crippen molar-refractivity contribution in [3.05, 3.63) is 48.1 Å². The predicted molar refractivity (Wildman–Crippen MR) is 77.8 cm³/mol. The van der Waals surface area contributed by atoms with Crippen LogP contribution < -0.4 is 9.47 Å². The summed E-state index contributed by atoms with van der Waals surface area (Å²) in [6.45, 7) is 9.61. The minimum absolute atomic E-state index is 0.0860. The maximum Gasteiger partial charge on any atom is 0.165 e. The summed E-state index contributed by atoms with van der Waals surface area (Å²) in [7, 11) is 1.56. The van der Waals surface area contributed by atoms with Gasteiger partial charge in [0.2, 0.25) is 0 Å². The van der Waals surface area contributed by atoms with E-state index in [1.165, 1.54) is 0 Å². The van der Waals surface area contributed by atoms with Crippen molar-refractivity contribution < 1.29 is 14.6 Å². The van der Waals surface area contributed by atoms with E-state index in [0.717, 1.165) is 5.56 Å². The number of benzene rings is 1. The van der Waals surface area contributed by atoms with Gasteiger partial charge in [0, 0.05) is 5.56 Å². The van der Waals surface area contributed by atoms with Crippen molar-refractivity contribution in [2.75, 3.05) is 13.7 Å². The van der Waals surface area contributed by atoms with Gasteiger partial charge in [-0.1, -0.05) is 18.7 Å². The molecule has 1 atom stereocenters. The Morgan fingerprint density at radius 3 is 2.75 bits per heavy atom. The molecule has 1 aromatic carbocycles. The molecule has 0 fully saturated rings. The number of aliphatic hydroxyl groups excluding tert-OH is 1. The van der Waals surface area contributed by atoms with E-state index in [1.54, 1.807) is 25.3 Å². The van der Waals surface area contributed by atoms with E-state index in [0.29, 0.717) is 30.1 Å². The van der Waals surface area contributed by atoms with Crippen LogP contribution in [0.1, 0.15) is 24.2 Å². The highest BCUT2D eigenvalue weighted by Gasteiger charge is 2.21. The lowest BCUT2D eigenvalue weighted by atomic mass is 9.95. The van der Waals surface area contributed by atoms with Crippen molar-refractivity contribution in [2.45, 2.75) is 19.4 Å². The molecule has 1 rings (SSSR count). The average Bonchev–Trinajstić information content (AvgIpc) is 2.47. The number of allylic oxidation sites excluding steroid dienone is 1. The second-order valence-corrected chi connectivity index (χ2v) is 4.13. The Labute approximate surface area is 119 Å². The number of methoxy groups -OCH3 is 1. The highest BCUT2D eigenvalue weighted by Crippen LogP contribution is 2.38. The largest absolute Gasteiger partial charge is 0.493 e. The normalized spacial score (nSPS) is 11.3. The smallest absolute Gasteiger partial charge is 0.165 e. The Morgan fingerprint density at radius 1 is 1.55 bits per heavy atom. The molecular formula is C16H19NO3. The number of hydrogen-bond donors (Lipinski definition) is 1. The molecule has 4 nitrogen and oxygen atoms in total. The van der Waals surface area contributed by atoms with Gasteiger partial charge in [0.25, 0.3) is 0 Å². The van der Waals surface area contributed by atoms with Crippen molar-refractivity contribution in [3.63, 3.8) is 0 Å². The molecule has 20 heavy (non-hydrogen) atoms. The van der Waals surface area contributed by atoms with Gasteiger partial charge in [0.1, 0.15) is 6.10 Å². The molecule has 0 heterocycles. The predicted octanol–water partition coefficient (Wildman–Crippen LogP) is 2.94. The van der Waals surface area contributed by atoms with Gasteiger partial charge in [0.05, 0.1) is 25.4 Å². The van der Waals surface area contributed by atoms with Crippen LogP contribution in [0.15, 0.2) is 36.9 Å². The van der Waals surface area contributed by atoms with Gasteiger partial charge in [-0.25, -0.2) is 0 Å². The van der Waals surface area contributed by atoms with Crippen LogP contribution >= 0.6 is 0 Å². The zero-order chi connectivity index (χ0) is 15.1. The van der Waals surface area contributed by atoms with Gasteiger partial charge in [-0.2, -0.15) is 5.26 Å².